The minimum Gasteiger partial charge on any atom is -0.394 e. The fourth-order valence-electron chi connectivity index (χ4n) is 4.48. The molecule has 2 amide bonds. The summed E-state index contributed by atoms with van der Waals surface area (Å²) in [5.74, 6) is -1.63. The molecular weight excluding hydrogens is 531 g/mol. The maximum Gasteiger partial charge on any atom is 0.245 e. The molecule has 0 aromatic carbocycles. The molecule has 2 radical (unpaired) electrons. The molecule has 0 aromatic heterocycles. The molecule has 3 aliphatic rings. The first kappa shape index (κ1) is 32.0. The van der Waals surface area contributed by atoms with E-state index >= 15 is 0 Å². The SMILES string of the molecule is [B]CCNC(=O)[C@H](NC(C)=O)[C@H]1O[C@@H]2O[C@@H](OC3[C@H](O[C@@H]1[C@H](O)CO)O[C@H](CO)[C@H](O)[C@@H]3O)[C@@H](O)[C@@H](O)[C@@H]2O. The first-order valence-electron chi connectivity index (χ1n) is 12.3. The van der Waals surface area contributed by atoms with E-state index < -0.39 is 111 Å². The minimum atomic E-state index is -1.97. The summed E-state index contributed by atoms with van der Waals surface area (Å²) in [5.41, 5.74) is 0. The van der Waals surface area contributed by atoms with Gasteiger partial charge in [-0.05, 0) is 0 Å². The molecule has 3 aliphatic heterocycles. The molecule has 2 bridgehead atoms. The molecule has 3 rings (SSSR count). The number of nitrogens with one attached hydrogen (secondary N) is 2. The van der Waals surface area contributed by atoms with Crippen molar-refractivity contribution in [1.29, 1.82) is 0 Å². The summed E-state index contributed by atoms with van der Waals surface area (Å²) in [5, 5.41) is 87.5. The Balaban J connectivity index is 2.12. The topological polar surface area (TPSA) is 266 Å². The molecule has 3 saturated heterocycles. The van der Waals surface area contributed by atoms with Crippen LogP contribution < -0.4 is 10.6 Å². The van der Waals surface area contributed by atoms with Gasteiger partial charge in [-0.15, -0.1) is 0 Å². The lowest BCUT2D eigenvalue weighted by Crippen LogP contribution is -2.69. The van der Waals surface area contributed by atoms with Gasteiger partial charge in [0.1, 0.15) is 67.1 Å². The highest BCUT2D eigenvalue weighted by molar-refractivity contribution is 6.08. The van der Waals surface area contributed by atoms with Gasteiger partial charge in [-0.1, -0.05) is 6.32 Å². The summed E-state index contributed by atoms with van der Waals surface area (Å²) in [7, 11) is 5.44. The molecule has 3 fully saturated rings. The Morgan fingerprint density at radius 3 is 2.00 bits per heavy atom. The molecule has 0 aromatic rings. The van der Waals surface area contributed by atoms with Gasteiger partial charge in [0.25, 0.3) is 0 Å². The number of carbonyl (C=O) groups is 2. The summed E-state index contributed by atoms with van der Waals surface area (Å²) in [6.07, 6.45) is -23.6. The van der Waals surface area contributed by atoms with Crippen LogP contribution in [0.15, 0.2) is 0 Å². The largest absolute Gasteiger partial charge is 0.394 e. The van der Waals surface area contributed by atoms with Gasteiger partial charge in [-0.25, -0.2) is 0 Å². The Labute approximate surface area is 224 Å². The van der Waals surface area contributed by atoms with Gasteiger partial charge in [-0.3, -0.25) is 9.59 Å². The average molecular weight is 566 g/mol. The molecule has 0 aliphatic carbocycles. The van der Waals surface area contributed by atoms with Crippen LogP contribution in [0.25, 0.3) is 0 Å². The molecule has 0 spiro atoms. The maximum absolute atomic E-state index is 13.1. The molecule has 14 atom stereocenters. The van der Waals surface area contributed by atoms with Crippen molar-refractivity contribution in [2.75, 3.05) is 19.8 Å². The molecule has 39 heavy (non-hydrogen) atoms. The van der Waals surface area contributed by atoms with E-state index in [-0.39, 0.29) is 12.9 Å². The molecule has 0 saturated carbocycles. The predicted octanol–water partition coefficient (Wildman–Crippen LogP) is -7.08. The van der Waals surface area contributed by atoms with E-state index in [2.05, 4.69) is 10.6 Å². The second-order valence-electron chi connectivity index (χ2n) is 9.36. The predicted molar refractivity (Wildman–Crippen MR) is 123 cm³/mol. The van der Waals surface area contributed by atoms with Crippen LogP contribution in [0.3, 0.4) is 0 Å². The number of carbonyl (C=O) groups excluding carboxylic acids is 2. The van der Waals surface area contributed by atoms with Crippen molar-refractivity contribution < 1.29 is 74.1 Å². The normalized spacial score (nSPS) is 42.5. The highest BCUT2D eigenvalue weighted by Crippen LogP contribution is 2.34. The highest BCUT2D eigenvalue weighted by Gasteiger charge is 2.55. The van der Waals surface area contributed by atoms with Crippen LogP contribution >= 0.6 is 0 Å². The number of hydrogen-bond donors (Lipinski definition) is 10. The maximum atomic E-state index is 13.1. The van der Waals surface area contributed by atoms with Gasteiger partial charge >= 0.3 is 0 Å². The van der Waals surface area contributed by atoms with Gasteiger partial charge in [0.15, 0.2) is 18.9 Å². The van der Waals surface area contributed by atoms with Crippen molar-refractivity contribution in [3.8, 4) is 0 Å². The standard InChI is InChI=1S/C21H35BN2O15/c1-6(27)24-9(18(34)23-3-2-22)16-15(7(28)4-25)36-21-17(12(31)10(29)8(5-26)35-21)38-20-14(33)11(30)13(32)19(37-16)39-20/h7-17,19-21,25-26,28-33H,2-5H2,1H3,(H,23,34)(H,24,27)/t7-,8-,9-,10+,11+,12+,13+,14+,15-,16-,17?,19-,20-,21+/m1/s1. The van der Waals surface area contributed by atoms with E-state index in [9.17, 15) is 50.4 Å². The van der Waals surface area contributed by atoms with Crippen molar-refractivity contribution in [3.05, 3.63) is 0 Å². The summed E-state index contributed by atoms with van der Waals surface area (Å²) in [6.45, 7) is -0.771. The monoisotopic (exact) mass is 566 g/mol. The van der Waals surface area contributed by atoms with Crippen LogP contribution in [0, 0.1) is 0 Å². The van der Waals surface area contributed by atoms with Gasteiger partial charge in [-0.2, -0.15) is 0 Å². The third-order valence-electron chi connectivity index (χ3n) is 6.53. The smallest absolute Gasteiger partial charge is 0.245 e. The molecule has 3 heterocycles. The van der Waals surface area contributed by atoms with Crippen molar-refractivity contribution in [1.82, 2.24) is 10.6 Å². The Bertz CT molecular complexity index is 828. The van der Waals surface area contributed by atoms with E-state index in [0.29, 0.717) is 0 Å². The highest BCUT2D eigenvalue weighted by atomic mass is 16.8. The summed E-state index contributed by atoms with van der Waals surface area (Å²) < 4.78 is 28.2. The zero-order valence-electron chi connectivity index (χ0n) is 20.9. The van der Waals surface area contributed by atoms with Gasteiger partial charge in [0, 0.05) is 13.5 Å². The van der Waals surface area contributed by atoms with Gasteiger partial charge < -0.3 is 75.2 Å². The zero-order chi connectivity index (χ0) is 29.0. The Morgan fingerprint density at radius 2 is 1.44 bits per heavy atom. The van der Waals surface area contributed by atoms with Gasteiger partial charge in [0.05, 0.1) is 21.1 Å². The van der Waals surface area contributed by atoms with Crippen LogP contribution in [0.5, 0.6) is 0 Å². The van der Waals surface area contributed by atoms with E-state index in [1.54, 1.807) is 0 Å². The number of fused-ring (bicyclic) bond motifs is 3. The first-order chi connectivity index (χ1) is 18.4. The Hall–Kier alpha value is -1.52. The summed E-state index contributed by atoms with van der Waals surface area (Å²) in [6, 6.07) is -1.70. The van der Waals surface area contributed by atoms with Crippen LogP contribution in [0.4, 0.5) is 0 Å². The van der Waals surface area contributed by atoms with Crippen LogP contribution in [-0.2, 0) is 33.3 Å². The number of aliphatic hydroxyl groups excluding tert-OH is 8. The molecule has 1 unspecified atom stereocenters. The van der Waals surface area contributed by atoms with Crippen molar-refractivity contribution in [3.63, 3.8) is 0 Å². The summed E-state index contributed by atoms with van der Waals surface area (Å²) >= 11 is 0. The Kier molecular flexibility index (Phi) is 11.4. The fourth-order valence-corrected chi connectivity index (χ4v) is 4.48. The van der Waals surface area contributed by atoms with Crippen molar-refractivity contribution >= 4 is 19.7 Å². The van der Waals surface area contributed by atoms with Crippen LogP contribution in [0.2, 0.25) is 6.32 Å². The molecule has 10 N–H and O–H groups in total. The number of amides is 2. The first-order valence-corrected chi connectivity index (χ1v) is 12.3. The molecule has 18 heteroatoms. The third-order valence-corrected chi connectivity index (χ3v) is 6.53. The van der Waals surface area contributed by atoms with Gasteiger partial charge in [0.2, 0.25) is 11.8 Å². The second kappa shape index (κ2) is 13.9. The third kappa shape index (κ3) is 7.04. The molecule has 222 valence electrons. The number of hydrogen-bond acceptors (Lipinski definition) is 15. The number of aliphatic hydroxyl groups is 8. The van der Waals surface area contributed by atoms with E-state index in [0.717, 1.165) is 6.92 Å². The fraction of sp³-hybridized carbons (Fsp3) is 0.905. The van der Waals surface area contributed by atoms with E-state index in [4.69, 9.17) is 31.5 Å². The summed E-state index contributed by atoms with van der Waals surface area (Å²) in [4.78, 5) is 25.1. The van der Waals surface area contributed by atoms with Crippen molar-refractivity contribution in [2.45, 2.75) is 99.2 Å². The number of ether oxygens (including phenoxy) is 5. The minimum absolute atomic E-state index is 0.0111. The van der Waals surface area contributed by atoms with Crippen LogP contribution in [-0.4, -0.2) is 166 Å². The average Bonchev–Trinajstić information content (AvgIpc) is 2.91. The quantitative estimate of drug-likeness (QED) is 0.122. The Morgan fingerprint density at radius 1 is 0.821 bits per heavy atom. The molecular formula is C21H35BN2O15. The van der Waals surface area contributed by atoms with Crippen molar-refractivity contribution in [2.24, 2.45) is 0 Å². The van der Waals surface area contributed by atoms with E-state index in [1.807, 2.05) is 0 Å². The zero-order valence-corrected chi connectivity index (χ0v) is 20.9. The lowest BCUT2D eigenvalue weighted by molar-refractivity contribution is -0.417. The van der Waals surface area contributed by atoms with E-state index in [1.165, 1.54) is 0 Å². The second-order valence-corrected chi connectivity index (χ2v) is 9.36. The molecule has 17 nitrogen and oxygen atoms in total. The lowest BCUT2D eigenvalue weighted by atomic mass is 9.95. The number of rotatable bonds is 8. The van der Waals surface area contributed by atoms with Crippen LogP contribution in [0.1, 0.15) is 6.92 Å². The lowest BCUT2D eigenvalue weighted by Gasteiger charge is -2.49.